The van der Waals surface area contributed by atoms with Gasteiger partial charge in [-0.15, -0.1) is 12.4 Å². The van der Waals surface area contributed by atoms with Gasteiger partial charge in [0.25, 0.3) is 0 Å². The third kappa shape index (κ3) is 3.95. The van der Waals surface area contributed by atoms with E-state index in [0.29, 0.717) is 12.0 Å². The number of aromatic nitrogens is 1. The summed E-state index contributed by atoms with van der Waals surface area (Å²) in [7, 11) is 2.14. The molecule has 24 heavy (non-hydrogen) atoms. The van der Waals surface area contributed by atoms with E-state index in [2.05, 4.69) is 90.6 Å². The van der Waals surface area contributed by atoms with Gasteiger partial charge in [0.05, 0.1) is 11.9 Å². The summed E-state index contributed by atoms with van der Waals surface area (Å²) in [4.78, 5) is 6.55. The van der Waals surface area contributed by atoms with E-state index in [1.165, 1.54) is 11.1 Å². The molecule has 0 spiro atoms. The number of pyridine rings is 1. The van der Waals surface area contributed by atoms with Crippen molar-refractivity contribution in [1.29, 1.82) is 0 Å². The van der Waals surface area contributed by atoms with Crippen molar-refractivity contribution in [2.75, 3.05) is 11.9 Å². The van der Waals surface area contributed by atoms with Crippen molar-refractivity contribution in [3.05, 3.63) is 96.3 Å². The third-order valence-corrected chi connectivity index (χ3v) is 4.46. The highest BCUT2D eigenvalue weighted by atomic mass is 35.5. The minimum atomic E-state index is 0. The van der Waals surface area contributed by atoms with Crippen LogP contribution in [0.15, 0.2) is 85.2 Å². The molecule has 0 radical (unpaired) electrons. The Bertz CT molecular complexity index is 677. The molecule has 0 bridgehead atoms. The van der Waals surface area contributed by atoms with Crippen LogP contribution in [0.25, 0.3) is 0 Å². The number of anilines is 1. The smallest absolute Gasteiger partial charge is 0.0552 e. The Balaban J connectivity index is 0.00000208. The molecule has 0 saturated carbocycles. The first-order valence-corrected chi connectivity index (χ1v) is 8.00. The predicted octanol–water partition coefficient (Wildman–Crippen LogP) is 5.16. The fraction of sp³-hybridized carbons (Fsp3) is 0.190. The van der Waals surface area contributed by atoms with Gasteiger partial charge in [-0.05, 0) is 30.2 Å². The maximum absolute atomic E-state index is 4.25. The molecular weight excluding hydrogens is 316 g/mol. The molecule has 1 atom stereocenters. The van der Waals surface area contributed by atoms with Crippen molar-refractivity contribution in [2.45, 2.75) is 18.9 Å². The van der Waals surface area contributed by atoms with Crippen molar-refractivity contribution in [1.82, 2.24) is 4.98 Å². The Labute approximate surface area is 150 Å². The zero-order chi connectivity index (χ0) is 16.1. The summed E-state index contributed by atoms with van der Waals surface area (Å²) >= 11 is 0. The van der Waals surface area contributed by atoms with Gasteiger partial charge in [0.15, 0.2) is 0 Å². The molecule has 124 valence electrons. The normalized spacial score (nSPS) is 11.6. The fourth-order valence-corrected chi connectivity index (χ4v) is 3.09. The van der Waals surface area contributed by atoms with Gasteiger partial charge in [-0.25, -0.2) is 0 Å². The largest absolute Gasteiger partial charge is 0.370 e. The van der Waals surface area contributed by atoms with E-state index in [-0.39, 0.29) is 12.4 Å². The van der Waals surface area contributed by atoms with E-state index in [4.69, 9.17) is 0 Å². The van der Waals surface area contributed by atoms with E-state index < -0.39 is 0 Å². The predicted molar refractivity (Wildman–Crippen MR) is 104 cm³/mol. The molecule has 3 rings (SSSR count). The molecule has 1 heterocycles. The molecule has 2 aromatic carbocycles. The second-order valence-electron chi connectivity index (χ2n) is 5.86. The van der Waals surface area contributed by atoms with E-state index in [0.717, 1.165) is 5.69 Å². The molecule has 3 aromatic rings. The van der Waals surface area contributed by atoms with Crippen LogP contribution in [0.3, 0.4) is 0 Å². The van der Waals surface area contributed by atoms with Crippen LogP contribution in [0.5, 0.6) is 0 Å². The maximum atomic E-state index is 4.25. The molecule has 3 heteroatoms. The van der Waals surface area contributed by atoms with Crippen LogP contribution in [0, 0.1) is 0 Å². The Morgan fingerprint density at radius 3 is 1.79 bits per heavy atom. The highest BCUT2D eigenvalue weighted by Crippen LogP contribution is 2.32. The zero-order valence-electron chi connectivity index (χ0n) is 14.0. The van der Waals surface area contributed by atoms with E-state index in [1.54, 1.807) is 0 Å². The molecule has 0 fully saturated rings. The lowest BCUT2D eigenvalue weighted by Crippen LogP contribution is -2.35. The zero-order valence-corrected chi connectivity index (χ0v) is 14.9. The first-order valence-electron chi connectivity index (χ1n) is 8.00. The third-order valence-electron chi connectivity index (χ3n) is 4.46. The second kappa shape index (κ2) is 8.51. The molecule has 0 aliphatic carbocycles. The van der Waals surface area contributed by atoms with Crippen LogP contribution >= 0.6 is 12.4 Å². The van der Waals surface area contributed by atoms with Crippen LogP contribution < -0.4 is 4.90 Å². The lowest BCUT2D eigenvalue weighted by molar-refractivity contribution is 0.606. The van der Waals surface area contributed by atoms with Crippen molar-refractivity contribution in [2.24, 2.45) is 0 Å². The lowest BCUT2D eigenvalue weighted by Gasteiger charge is -2.34. The van der Waals surface area contributed by atoms with Crippen molar-refractivity contribution in [3.8, 4) is 0 Å². The Hall–Kier alpha value is -2.32. The average molecular weight is 339 g/mol. The first kappa shape index (κ1) is 18.0. The first-order chi connectivity index (χ1) is 11.3. The number of hydrogen-bond donors (Lipinski definition) is 0. The molecule has 0 amide bonds. The van der Waals surface area contributed by atoms with Crippen molar-refractivity contribution in [3.63, 3.8) is 0 Å². The van der Waals surface area contributed by atoms with Gasteiger partial charge in [-0.2, -0.15) is 0 Å². The highest BCUT2D eigenvalue weighted by Gasteiger charge is 2.24. The minimum Gasteiger partial charge on any atom is -0.370 e. The summed E-state index contributed by atoms with van der Waals surface area (Å²) < 4.78 is 0. The summed E-state index contributed by atoms with van der Waals surface area (Å²) in [5, 5.41) is 0. The molecule has 1 unspecified atom stereocenters. The van der Waals surface area contributed by atoms with Crippen LogP contribution in [-0.2, 0) is 0 Å². The van der Waals surface area contributed by atoms with E-state index in [1.807, 2.05) is 18.5 Å². The van der Waals surface area contributed by atoms with Gasteiger partial charge >= 0.3 is 0 Å². The second-order valence-corrected chi connectivity index (χ2v) is 5.86. The quantitative estimate of drug-likeness (QED) is 0.638. The SMILES string of the molecule is CC(C(c1ccccc1)c1ccccc1)N(C)c1cccnc1.Cl. The number of benzene rings is 2. The number of halogens is 1. The van der Waals surface area contributed by atoms with E-state index in [9.17, 15) is 0 Å². The van der Waals surface area contributed by atoms with Gasteiger partial charge in [0.2, 0.25) is 0 Å². The lowest BCUT2D eigenvalue weighted by atomic mass is 9.85. The summed E-state index contributed by atoms with van der Waals surface area (Å²) in [6.45, 7) is 2.28. The number of nitrogens with zero attached hydrogens (tertiary/aromatic N) is 2. The fourth-order valence-electron chi connectivity index (χ4n) is 3.09. The maximum Gasteiger partial charge on any atom is 0.0552 e. The molecule has 0 aliphatic rings. The molecule has 0 saturated heterocycles. The number of hydrogen-bond acceptors (Lipinski definition) is 2. The standard InChI is InChI=1S/C21H22N2.ClH/c1-17(23(2)20-14-9-15-22-16-20)21(18-10-5-3-6-11-18)19-12-7-4-8-13-19;/h3-17,21H,1-2H3;1H. The minimum absolute atomic E-state index is 0. The molecular formula is C21H23ClN2. The summed E-state index contributed by atoms with van der Waals surface area (Å²) in [5.41, 5.74) is 3.81. The average Bonchev–Trinajstić information content (AvgIpc) is 2.64. The van der Waals surface area contributed by atoms with Crippen molar-refractivity contribution < 1.29 is 0 Å². The molecule has 0 aliphatic heterocycles. The van der Waals surface area contributed by atoms with E-state index >= 15 is 0 Å². The monoisotopic (exact) mass is 338 g/mol. The summed E-state index contributed by atoms with van der Waals surface area (Å²) in [6.07, 6.45) is 3.73. The molecule has 0 N–H and O–H groups in total. The Morgan fingerprint density at radius 2 is 1.33 bits per heavy atom. The van der Waals surface area contributed by atoms with Gasteiger partial charge in [-0.3, -0.25) is 4.98 Å². The van der Waals surface area contributed by atoms with Gasteiger partial charge in [0.1, 0.15) is 0 Å². The van der Waals surface area contributed by atoms with Gasteiger partial charge in [0, 0.05) is 25.2 Å². The summed E-state index contributed by atoms with van der Waals surface area (Å²) in [5.74, 6) is 0.308. The Kier molecular flexibility index (Phi) is 6.39. The topological polar surface area (TPSA) is 16.1 Å². The van der Waals surface area contributed by atoms with Crippen molar-refractivity contribution >= 4 is 18.1 Å². The molecule has 1 aromatic heterocycles. The van der Waals surface area contributed by atoms with Crippen LogP contribution in [0.4, 0.5) is 5.69 Å². The number of rotatable bonds is 5. The van der Waals surface area contributed by atoms with Crippen LogP contribution in [0.1, 0.15) is 24.0 Å². The summed E-state index contributed by atoms with van der Waals surface area (Å²) in [6, 6.07) is 25.8. The van der Waals surface area contributed by atoms with Gasteiger partial charge < -0.3 is 4.90 Å². The van der Waals surface area contributed by atoms with Crippen LogP contribution in [0.2, 0.25) is 0 Å². The Morgan fingerprint density at radius 1 is 0.792 bits per heavy atom. The van der Waals surface area contributed by atoms with Gasteiger partial charge in [-0.1, -0.05) is 60.7 Å². The highest BCUT2D eigenvalue weighted by molar-refractivity contribution is 5.85. The number of likely N-dealkylation sites (N-methyl/N-ethyl adjacent to an activating group) is 1. The molecule has 2 nitrogen and oxygen atoms in total. The van der Waals surface area contributed by atoms with Crippen LogP contribution in [-0.4, -0.2) is 18.1 Å².